The Morgan fingerprint density at radius 3 is 3.21 bits per heavy atom. The van der Waals surface area contributed by atoms with Crippen molar-refractivity contribution in [3.8, 4) is 0 Å². The van der Waals surface area contributed by atoms with Crippen molar-refractivity contribution in [2.45, 2.75) is 0 Å². The fourth-order valence-electron chi connectivity index (χ4n) is 1.72. The normalized spacial score (nSPS) is 13.7. The van der Waals surface area contributed by atoms with Gasteiger partial charge in [-0.25, -0.2) is 0 Å². The van der Waals surface area contributed by atoms with E-state index >= 15 is 0 Å². The number of benzene rings is 1. The first kappa shape index (κ1) is 7.50. The lowest BCUT2D eigenvalue weighted by atomic mass is 10.1. The van der Waals surface area contributed by atoms with Crippen LogP contribution in [-0.2, 0) is 0 Å². The fourth-order valence-corrected chi connectivity index (χ4v) is 1.72. The maximum absolute atomic E-state index is 4.39. The third-order valence-electron chi connectivity index (χ3n) is 2.40. The van der Waals surface area contributed by atoms with E-state index in [1.54, 1.807) is 6.20 Å². The van der Waals surface area contributed by atoms with Gasteiger partial charge in [0.1, 0.15) is 0 Å². The van der Waals surface area contributed by atoms with Crippen LogP contribution < -0.4 is 5.32 Å². The number of nitrogens with one attached hydrogen (secondary N) is 1. The molecule has 1 aliphatic heterocycles. The molecule has 0 fully saturated rings. The molecular weight excluding hydrogens is 174 g/mol. The minimum absolute atomic E-state index is 0.804. The summed E-state index contributed by atoms with van der Waals surface area (Å²) in [6, 6.07) is 6.15. The lowest BCUT2D eigenvalue weighted by Crippen LogP contribution is -2.06. The first-order valence-corrected chi connectivity index (χ1v) is 4.58. The fraction of sp³-hybridized carbons (Fsp3) is 0.0909. The lowest BCUT2D eigenvalue weighted by Gasteiger charge is -2.13. The van der Waals surface area contributed by atoms with E-state index in [0.717, 1.165) is 23.3 Å². The van der Waals surface area contributed by atoms with Crippen LogP contribution in [0.3, 0.4) is 0 Å². The van der Waals surface area contributed by atoms with Crippen molar-refractivity contribution in [1.29, 1.82) is 0 Å². The van der Waals surface area contributed by atoms with Crippen LogP contribution in [0.4, 0.5) is 11.4 Å². The highest BCUT2D eigenvalue weighted by atomic mass is 15.0. The molecule has 1 aromatic heterocycles. The average molecular weight is 183 g/mol. The van der Waals surface area contributed by atoms with Crippen LogP contribution in [0.5, 0.6) is 0 Å². The maximum Gasteiger partial charge on any atom is 0.0951 e. The Balaban J connectivity index is 2.42. The van der Waals surface area contributed by atoms with Gasteiger partial charge in [0.2, 0.25) is 0 Å². The zero-order chi connectivity index (χ0) is 9.38. The molecule has 1 aromatic carbocycles. The number of anilines is 1. The van der Waals surface area contributed by atoms with E-state index in [2.05, 4.69) is 27.4 Å². The zero-order valence-electron chi connectivity index (χ0n) is 7.57. The molecule has 0 spiro atoms. The Morgan fingerprint density at radius 1 is 1.21 bits per heavy atom. The topological polar surface area (TPSA) is 37.3 Å². The van der Waals surface area contributed by atoms with Crippen LogP contribution in [0.15, 0.2) is 35.6 Å². The summed E-state index contributed by atoms with van der Waals surface area (Å²) in [6.45, 7) is 0.804. The van der Waals surface area contributed by atoms with E-state index < -0.39 is 0 Å². The van der Waals surface area contributed by atoms with Crippen LogP contribution >= 0.6 is 0 Å². The van der Waals surface area contributed by atoms with Crippen LogP contribution in [0, 0.1) is 0 Å². The van der Waals surface area contributed by atoms with E-state index in [9.17, 15) is 0 Å². The summed E-state index contributed by atoms with van der Waals surface area (Å²) in [4.78, 5) is 8.51. The molecule has 0 aliphatic carbocycles. The summed E-state index contributed by atoms with van der Waals surface area (Å²) in [5, 5.41) is 5.56. The summed E-state index contributed by atoms with van der Waals surface area (Å²) in [6.07, 6.45) is 5.54. The second-order valence-corrected chi connectivity index (χ2v) is 3.25. The Hall–Kier alpha value is -1.90. The minimum Gasteiger partial charge on any atom is -0.378 e. The van der Waals surface area contributed by atoms with E-state index in [1.807, 2.05) is 18.5 Å². The minimum atomic E-state index is 0.804. The summed E-state index contributed by atoms with van der Waals surface area (Å²) >= 11 is 0. The van der Waals surface area contributed by atoms with Crippen LogP contribution in [-0.4, -0.2) is 17.7 Å². The standard InChI is InChI=1S/C11H9N3/c1-2-10-11(14-6-5-13-10)9-7-12-4-3-8(1)9/h1-4,6-7,13H,5H2. The number of pyridine rings is 1. The van der Waals surface area contributed by atoms with Crippen molar-refractivity contribution in [3.63, 3.8) is 0 Å². The van der Waals surface area contributed by atoms with Crippen molar-refractivity contribution in [2.75, 3.05) is 11.9 Å². The van der Waals surface area contributed by atoms with Crippen molar-refractivity contribution >= 4 is 28.4 Å². The van der Waals surface area contributed by atoms with Crippen LogP contribution in [0.25, 0.3) is 10.8 Å². The molecule has 14 heavy (non-hydrogen) atoms. The van der Waals surface area contributed by atoms with Gasteiger partial charge in [-0.3, -0.25) is 9.98 Å². The number of aliphatic imine (C=N–C) groups is 1. The molecule has 0 saturated heterocycles. The lowest BCUT2D eigenvalue weighted by molar-refractivity contribution is 1.33. The van der Waals surface area contributed by atoms with E-state index in [0.29, 0.717) is 0 Å². The largest absolute Gasteiger partial charge is 0.378 e. The second kappa shape index (κ2) is 2.80. The molecule has 0 radical (unpaired) electrons. The first-order chi connectivity index (χ1) is 6.95. The molecule has 0 atom stereocenters. The molecule has 68 valence electrons. The van der Waals surface area contributed by atoms with Crippen LogP contribution in [0.2, 0.25) is 0 Å². The SMILES string of the molecule is C1=Nc2c(ccc3ccncc23)NC1. The molecule has 1 aliphatic rings. The smallest absolute Gasteiger partial charge is 0.0951 e. The van der Waals surface area contributed by atoms with E-state index in [1.165, 1.54) is 5.39 Å². The Morgan fingerprint density at radius 2 is 2.21 bits per heavy atom. The van der Waals surface area contributed by atoms with Crippen molar-refractivity contribution in [2.24, 2.45) is 4.99 Å². The molecule has 1 N–H and O–H groups in total. The van der Waals surface area contributed by atoms with E-state index in [-0.39, 0.29) is 0 Å². The molecule has 2 aromatic rings. The maximum atomic E-state index is 4.39. The van der Waals surface area contributed by atoms with Crippen molar-refractivity contribution in [1.82, 2.24) is 4.98 Å². The average Bonchev–Trinajstić information content (AvgIpc) is 2.29. The first-order valence-electron chi connectivity index (χ1n) is 4.58. The number of rotatable bonds is 0. The number of nitrogens with zero attached hydrogens (tertiary/aromatic N) is 2. The van der Waals surface area contributed by atoms with Gasteiger partial charge in [-0.2, -0.15) is 0 Å². The second-order valence-electron chi connectivity index (χ2n) is 3.25. The van der Waals surface area contributed by atoms with Crippen molar-refractivity contribution < 1.29 is 0 Å². The third-order valence-corrected chi connectivity index (χ3v) is 2.40. The predicted octanol–water partition coefficient (Wildman–Crippen LogP) is 2.36. The Bertz CT molecular complexity index is 517. The third kappa shape index (κ3) is 0.988. The summed E-state index contributed by atoms with van der Waals surface area (Å²) in [7, 11) is 0. The highest BCUT2D eigenvalue weighted by Gasteiger charge is 2.08. The number of fused-ring (bicyclic) bond motifs is 3. The summed E-state index contributed by atoms with van der Waals surface area (Å²) < 4.78 is 0. The highest BCUT2D eigenvalue weighted by Crippen LogP contribution is 2.34. The van der Waals surface area contributed by atoms with Gasteiger partial charge in [-0.15, -0.1) is 0 Å². The Kier molecular flexibility index (Phi) is 1.50. The monoisotopic (exact) mass is 183 g/mol. The van der Waals surface area contributed by atoms with Gasteiger partial charge in [0.05, 0.1) is 17.9 Å². The van der Waals surface area contributed by atoms with Gasteiger partial charge in [0.25, 0.3) is 0 Å². The van der Waals surface area contributed by atoms with Gasteiger partial charge in [-0.05, 0) is 17.5 Å². The molecule has 0 unspecified atom stereocenters. The van der Waals surface area contributed by atoms with Crippen LogP contribution in [0.1, 0.15) is 0 Å². The Labute approximate surface area is 81.5 Å². The molecule has 3 rings (SSSR count). The van der Waals surface area contributed by atoms with Gasteiger partial charge in [-0.1, -0.05) is 6.07 Å². The number of hydrogen-bond acceptors (Lipinski definition) is 3. The molecule has 0 bridgehead atoms. The molecule has 0 amide bonds. The molecule has 3 nitrogen and oxygen atoms in total. The quantitative estimate of drug-likeness (QED) is 0.680. The molecule has 3 heteroatoms. The predicted molar refractivity (Wildman–Crippen MR) is 58.4 cm³/mol. The van der Waals surface area contributed by atoms with Gasteiger partial charge < -0.3 is 5.32 Å². The van der Waals surface area contributed by atoms with E-state index in [4.69, 9.17) is 0 Å². The van der Waals surface area contributed by atoms with Crippen molar-refractivity contribution in [3.05, 3.63) is 30.6 Å². The van der Waals surface area contributed by atoms with Gasteiger partial charge in [0, 0.05) is 24.0 Å². The zero-order valence-corrected chi connectivity index (χ0v) is 7.57. The summed E-state index contributed by atoms with van der Waals surface area (Å²) in [5.41, 5.74) is 2.09. The number of hydrogen-bond donors (Lipinski definition) is 1. The number of aromatic nitrogens is 1. The molecule has 0 saturated carbocycles. The van der Waals surface area contributed by atoms with Gasteiger partial charge >= 0.3 is 0 Å². The highest BCUT2D eigenvalue weighted by molar-refractivity contribution is 6.00. The summed E-state index contributed by atoms with van der Waals surface area (Å²) in [5.74, 6) is 0. The van der Waals surface area contributed by atoms with Gasteiger partial charge in [0.15, 0.2) is 0 Å². The molecular formula is C11H9N3. The molecule has 2 heterocycles.